The van der Waals surface area contributed by atoms with E-state index in [0.29, 0.717) is 10.6 Å². The number of ether oxygens (including phenoxy) is 1. The maximum atomic E-state index is 11.9. The van der Waals surface area contributed by atoms with Crippen molar-refractivity contribution in [3.05, 3.63) is 75.4 Å². The number of esters is 1. The summed E-state index contributed by atoms with van der Waals surface area (Å²) < 4.78 is 6.16. The van der Waals surface area contributed by atoms with Crippen LogP contribution in [0.5, 0.6) is 5.75 Å². The fraction of sp³-hybridized carbons (Fsp3) is 0. The summed E-state index contributed by atoms with van der Waals surface area (Å²) in [4.78, 5) is 12.5. The van der Waals surface area contributed by atoms with Crippen LogP contribution in [0.25, 0.3) is 11.1 Å². The molecule has 1 aromatic heterocycles. The first-order valence-electron chi connectivity index (χ1n) is 6.35. The molecule has 0 spiro atoms. The van der Waals surface area contributed by atoms with Crippen LogP contribution in [0.2, 0.25) is 0 Å². The van der Waals surface area contributed by atoms with Gasteiger partial charge in [0.1, 0.15) is 10.6 Å². The lowest BCUT2D eigenvalue weighted by molar-refractivity contribution is 0.0738. The van der Waals surface area contributed by atoms with E-state index in [1.54, 1.807) is 12.1 Å². The molecule has 0 amide bonds. The van der Waals surface area contributed by atoms with Gasteiger partial charge in [-0.2, -0.15) is 0 Å². The highest BCUT2D eigenvalue weighted by molar-refractivity contribution is 9.10. The molecule has 0 atom stereocenters. The summed E-state index contributed by atoms with van der Waals surface area (Å²) in [7, 11) is 0. The highest BCUT2D eigenvalue weighted by Gasteiger charge is 2.12. The lowest BCUT2D eigenvalue weighted by Gasteiger charge is -2.08. The molecule has 0 aliphatic carbocycles. The van der Waals surface area contributed by atoms with Crippen molar-refractivity contribution in [2.45, 2.75) is 0 Å². The standard InChI is InChI=1S/C17H11BrO2S/c18-14-11-13(12-5-2-1-3-6-12)8-9-15(14)20-17(19)16-7-4-10-21-16/h1-11H. The Bertz CT molecular complexity index is 752. The van der Waals surface area contributed by atoms with E-state index < -0.39 is 0 Å². The zero-order valence-electron chi connectivity index (χ0n) is 11.0. The summed E-state index contributed by atoms with van der Waals surface area (Å²) >= 11 is 4.83. The summed E-state index contributed by atoms with van der Waals surface area (Å²) in [5.41, 5.74) is 2.19. The average molecular weight is 359 g/mol. The molecule has 0 aliphatic rings. The molecule has 0 radical (unpaired) electrons. The van der Waals surface area contributed by atoms with Crippen LogP contribution >= 0.6 is 27.3 Å². The van der Waals surface area contributed by atoms with Crippen molar-refractivity contribution in [1.82, 2.24) is 0 Å². The number of hydrogen-bond acceptors (Lipinski definition) is 3. The van der Waals surface area contributed by atoms with Gasteiger partial charge < -0.3 is 4.74 Å². The largest absolute Gasteiger partial charge is 0.421 e. The van der Waals surface area contributed by atoms with E-state index in [1.165, 1.54) is 11.3 Å². The monoisotopic (exact) mass is 358 g/mol. The predicted octanol–water partition coefficient (Wildman–Crippen LogP) is 5.40. The fourth-order valence-corrected chi connectivity index (χ4v) is 3.00. The van der Waals surface area contributed by atoms with Gasteiger partial charge in [0.15, 0.2) is 0 Å². The summed E-state index contributed by atoms with van der Waals surface area (Å²) in [5, 5.41) is 1.85. The second kappa shape index (κ2) is 6.24. The van der Waals surface area contributed by atoms with Gasteiger partial charge in [-0.3, -0.25) is 0 Å². The van der Waals surface area contributed by atoms with Gasteiger partial charge in [-0.25, -0.2) is 4.79 Å². The molecule has 0 saturated heterocycles. The number of thiophene rings is 1. The van der Waals surface area contributed by atoms with Gasteiger partial charge in [0.2, 0.25) is 0 Å². The lowest BCUT2D eigenvalue weighted by Crippen LogP contribution is -2.06. The van der Waals surface area contributed by atoms with Crippen LogP contribution < -0.4 is 4.74 Å². The molecule has 0 N–H and O–H groups in total. The number of hydrogen-bond donors (Lipinski definition) is 0. The van der Waals surface area contributed by atoms with Crippen molar-refractivity contribution >= 4 is 33.2 Å². The second-order valence-electron chi connectivity index (χ2n) is 4.38. The van der Waals surface area contributed by atoms with E-state index in [2.05, 4.69) is 15.9 Å². The first kappa shape index (κ1) is 14.0. The molecule has 0 saturated carbocycles. The van der Waals surface area contributed by atoms with Gasteiger partial charge in [0.25, 0.3) is 0 Å². The van der Waals surface area contributed by atoms with E-state index in [-0.39, 0.29) is 5.97 Å². The minimum Gasteiger partial charge on any atom is -0.421 e. The van der Waals surface area contributed by atoms with E-state index in [1.807, 2.05) is 53.9 Å². The molecule has 0 bridgehead atoms. The Balaban J connectivity index is 1.84. The fourth-order valence-electron chi connectivity index (χ4n) is 1.94. The maximum absolute atomic E-state index is 11.9. The Hall–Kier alpha value is -1.91. The molecule has 4 heteroatoms. The summed E-state index contributed by atoms with van der Waals surface area (Å²) in [6.45, 7) is 0. The zero-order chi connectivity index (χ0) is 14.7. The third-order valence-electron chi connectivity index (χ3n) is 2.96. The molecule has 3 rings (SSSR count). The van der Waals surface area contributed by atoms with Gasteiger partial charge in [-0.15, -0.1) is 11.3 Å². The molecule has 0 fully saturated rings. The summed E-state index contributed by atoms with van der Waals surface area (Å²) in [6.07, 6.45) is 0. The summed E-state index contributed by atoms with van der Waals surface area (Å²) in [6, 6.07) is 19.3. The Labute approximate surface area is 135 Å². The van der Waals surface area contributed by atoms with Crippen LogP contribution in [0, 0.1) is 0 Å². The Kier molecular flexibility index (Phi) is 4.18. The molecular formula is C17H11BrO2S. The highest BCUT2D eigenvalue weighted by atomic mass is 79.9. The zero-order valence-corrected chi connectivity index (χ0v) is 13.4. The van der Waals surface area contributed by atoms with Crippen molar-refractivity contribution in [2.75, 3.05) is 0 Å². The molecule has 0 aliphatic heterocycles. The van der Waals surface area contributed by atoms with Gasteiger partial charge in [-0.05, 0) is 50.6 Å². The molecule has 2 aromatic carbocycles. The predicted molar refractivity (Wildman–Crippen MR) is 88.9 cm³/mol. The minimum atomic E-state index is -0.335. The Morgan fingerprint density at radius 1 is 0.952 bits per heavy atom. The average Bonchev–Trinajstić information content (AvgIpc) is 3.04. The molecule has 2 nitrogen and oxygen atoms in total. The molecule has 3 aromatic rings. The van der Waals surface area contributed by atoms with E-state index in [4.69, 9.17) is 4.74 Å². The van der Waals surface area contributed by atoms with E-state index >= 15 is 0 Å². The van der Waals surface area contributed by atoms with Crippen molar-refractivity contribution in [3.63, 3.8) is 0 Å². The third-order valence-corrected chi connectivity index (χ3v) is 4.43. The van der Waals surface area contributed by atoms with E-state index in [0.717, 1.165) is 15.6 Å². The number of halogens is 1. The van der Waals surface area contributed by atoms with Crippen LogP contribution in [-0.2, 0) is 0 Å². The maximum Gasteiger partial charge on any atom is 0.353 e. The van der Waals surface area contributed by atoms with Crippen molar-refractivity contribution in [1.29, 1.82) is 0 Å². The smallest absolute Gasteiger partial charge is 0.353 e. The quantitative estimate of drug-likeness (QED) is 0.463. The van der Waals surface area contributed by atoms with Crippen LogP contribution in [0.4, 0.5) is 0 Å². The number of carbonyl (C=O) groups is 1. The third kappa shape index (κ3) is 3.23. The second-order valence-corrected chi connectivity index (χ2v) is 6.18. The molecule has 1 heterocycles. The SMILES string of the molecule is O=C(Oc1ccc(-c2ccccc2)cc1Br)c1cccs1. The van der Waals surface area contributed by atoms with E-state index in [9.17, 15) is 4.79 Å². The van der Waals surface area contributed by atoms with Gasteiger partial charge in [0, 0.05) is 0 Å². The summed E-state index contributed by atoms with van der Waals surface area (Å²) in [5.74, 6) is 0.186. The van der Waals surface area contributed by atoms with Crippen LogP contribution in [0.1, 0.15) is 9.67 Å². The van der Waals surface area contributed by atoms with Crippen LogP contribution in [-0.4, -0.2) is 5.97 Å². The van der Waals surface area contributed by atoms with Crippen molar-refractivity contribution < 1.29 is 9.53 Å². The first-order chi connectivity index (χ1) is 10.2. The van der Waals surface area contributed by atoms with Crippen LogP contribution in [0.15, 0.2) is 70.5 Å². The molecular weight excluding hydrogens is 348 g/mol. The molecule has 0 unspecified atom stereocenters. The lowest BCUT2D eigenvalue weighted by atomic mass is 10.1. The number of carbonyl (C=O) groups excluding carboxylic acids is 1. The number of rotatable bonds is 3. The highest BCUT2D eigenvalue weighted by Crippen LogP contribution is 2.31. The van der Waals surface area contributed by atoms with Gasteiger partial charge in [-0.1, -0.05) is 42.5 Å². The Morgan fingerprint density at radius 2 is 1.76 bits per heavy atom. The minimum absolute atomic E-state index is 0.335. The Morgan fingerprint density at radius 3 is 2.43 bits per heavy atom. The van der Waals surface area contributed by atoms with Crippen molar-refractivity contribution in [2.24, 2.45) is 0 Å². The van der Waals surface area contributed by atoms with Gasteiger partial charge in [0.05, 0.1) is 4.47 Å². The van der Waals surface area contributed by atoms with Crippen LogP contribution in [0.3, 0.4) is 0 Å². The van der Waals surface area contributed by atoms with Crippen molar-refractivity contribution in [3.8, 4) is 16.9 Å². The molecule has 104 valence electrons. The van der Waals surface area contributed by atoms with Gasteiger partial charge >= 0.3 is 5.97 Å². The molecule has 21 heavy (non-hydrogen) atoms. The normalized spacial score (nSPS) is 10.3. The topological polar surface area (TPSA) is 26.3 Å². The first-order valence-corrected chi connectivity index (χ1v) is 8.02. The number of benzene rings is 2.